The van der Waals surface area contributed by atoms with E-state index in [0.29, 0.717) is 18.9 Å². The van der Waals surface area contributed by atoms with Gasteiger partial charge in [0.15, 0.2) is 12.6 Å². The Morgan fingerprint density at radius 2 is 1.90 bits per heavy atom. The summed E-state index contributed by atoms with van der Waals surface area (Å²) in [5.74, 6) is 1.45. The van der Waals surface area contributed by atoms with Crippen LogP contribution in [0.3, 0.4) is 0 Å². The molecule has 1 amide bonds. The van der Waals surface area contributed by atoms with Gasteiger partial charge in [-0.2, -0.15) is 13.2 Å². The van der Waals surface area contributed by atoms with E-state index in [9.17, 15) is 18.0 Å². The molecule has 0 atom stereocenters. The van der Waals surface area contributed by atoms with Crippen LogP contribution in [0.4, 0.5) is 13.2 Å². The summed E-state index contributed by atoms with van der Waals surface area (Å²) < 4.78 is 41.4. The second kappa shape index (κ2) is 10.9. The van der Waals surface area contributed by atoms with Gasteiger partial charge in [0, 0.05) is 33.1 Å². The molecular formula is C20H29F3N4O2. The third-order valence-electron chi connectivity index (χ3n) is 4.74. The number of carbonyl (C=O) groups is 1. The lowest BCUT2D eigenvalue weighted by Gasteiger charge is -2.34. The topological polar surface area (TPSA) is 66.0 Å². The van der Waals surface area contributed by atoms with Crippen molar-refractivity contribution in [2.75, 3.05) is 33.3 Å². The van der Waals surface area contributed by atoms with Crippen molar-refractivity contribution in [3.8, 4) is 5.75 Å². The van der Waals surface area contributed by atoms with Crippen LogP contribution in [0.15, 0.2) is 29.3 Å². The molecule has 29 heavy (non-hydrogen) atoms. The first kappa shape index (κ1) is 22.8. The SMILES string of the molecule is CCNC(=NCc1ccc(OCC(F)(F)F)cc1)N1CCC(CC(=O)NC)CC1. The number of likely N-dealkylation sites (tertiary alicyclic amines) is 1. The number of aliphatic imine (C=N–C) groups is 1. The number of hydrogen-bond donors (Lipinski definition) is 2. The maximum Gasteiger partial charge on any atom is 0.422 e. The molecule has 0 spiro atoms. The third-order valence-corrected chi connectivity index (χ3v) is 4.74. The number of nitrogens with one attached hydrogen (secondary N) is 2. The predicted octanol–water partition coefficient (Wildman–Crippen LogP) is 2.94. The Hall–Kier alpha value is -2.45. The first-order valence-electron chi connectivity index (χ1n) is 9.83. The largest absolute Gasteiger partial charge is 0.484 e. The van der Waals surface area contributed by atoms with Crippen molar-refractivity contribution < 1.29 is 22.7 Å². The zero-order valence-electron chi connectivity index (χ0n) is 16.9. The maximum absolute atomic E-state index is 12.2. The Labute approximate surface area is 169 Å². The van der Waals surface area contributed by atoms with Gasteiger partial charge in [-0.1, -0.05) is 12.1 Å². The van der Waals surface area contributed by atoms with Crippen molar-refractivity contribution in [3.63, 3.8) is 0 Å². The molecule has 162 valence electrons. The normalized spacial score (nSPS) is 15.9. The molecule has 0 radical (unpaired) electrons. The van der Waals surface area contributed by atoms with Crippen LogP contribution < -0.4 is 15.4 Å². The Morgan fingerprint density at radius 3 is 2.45 bits per heavy atom. The number of alkyl halides is 3. The van der Waals surface area contributed by atoms with Crippen molar-refractivity contribution in [1.82, 2.24) is 15.5 Å². The van der Waals surface area contributed by atoms with Crippen molar-refractivity contribution in [1.29, 1.82) is 0 Å². The van der Waals surface area contributed by atoms with E-state index in [-0.39, 0.29) is 11.7 Å². The van der Waals surface area contributed by atoms with E-state index in [1.54, 1.807) is 19.2 Å². The Morgan fingerprint density at radius 1 is 1.24 bits per heavy atom. The smallest absolute Gasteiger partial charge is 0.422 e. The number of amides is 1. The minimum Gasteiger partial charge on any atom is -0.484 e. The number of nitrogens with zero attached hydrogens (tertiary/aromatic N) is 2. The van der Waals surface area contributed by atoms with E-state index < -0.39 is 12.8 Å². The molecule has 0 bridgehead atoms. The predicted molar refractivity (Wildman–Crippen MR) is 106 cm³/mol. The summed E-state index contributed by atoms with van der Waals surface area (Å²) in [6, 6.07) is 6.48. The molecule has 0 aromatic heterocycles. The van der Waals surface area contributed by atoms with Gasteiger partial charge in [0.1, 0.15) is 5.75 Å². The third kappa shape index (κ3) is 8.21. The van der Waals surface area contributed by atoms with Crippen LogP contribution in [0.25, 0.3) is 0 Å². The molecule has 1 fully saturated rings. The standard InChI is InChI=1S/C20H29F3N4O2/c1-3-25-19(27-10-8-15(9-11-27)12-18(28)24-2)26-13-16-4-6-17(7-5-16)29-14-20(21,22)23/h4-7,15H,3,8-14H2,1-2H3,(H,24,28)(H,25,26). The minimum atomic E-state index is -4.35. The Bertz CT molecular complexity index is 669. The Balaban J connectivity index is 1.89. The van der Waals surface area contributed by atoms with Crippen LogP contribution in [-0.2, 0) is 11.3 Å². The molecule has 2 rings (SSSR count). The molecule has 9 heteroatoms. The molecule has 2 N–H and O–H groups in total. The number of hydrogen-bond acceptors (Lipinski definition) is 3. The molecule has 1 saturated heterocycles. The number of piperidine rings is 1. The van der Waals surface area contributed by atoms with Gasteiger partial charge in [-0.15, -0.1) is 0 Å². The molecule has 0 saturated carbocycles. The van der Waals surface area contributed by atoms with Crippen LogP contribution >= 0.6 is 0 Å². The number of carbonyl (C=O) groups excluding carboxylic acids is 1. The highest BCUT2D eigenvalue weighted by Gasteiger charge is 2.28. The van der Waals surface area contributed by atoms with E-state index in [0.717, 1.165) is 44.0 Å². The zero-order chi connectivity index (χ0) is 21.3. The monoisotopic (exact) mass is 414 g/mol. The quantitative estimate of drug-likeness (QED) is 0.532. The minimum absolute atomic E-state index is 0.0756. The van der Waals surface area contributed by atoms with Gasteiger partial charge in [0.2, 0.25) is 5.91 Å². The highest BCUT2D eigenvalue weighted by molar-refractivity contribution is 5.80. The fourth-order valence-electron chi connectivity index (χ4n) is 3.16. The number of halogens is 3. The van der Waals surface area contributed by atoms with Crippen LogP contribution in [0.1, 0.15) is 31.7 Å². The van der Waals surface area contributed by atoms with Crippen LogP contribution in [0.2, 0.25) is 0 Å². The average Bonchev–Trinajstić information content (AvgIpc) is 2.70. The summed E-state index contributed by atoms with van der Waals surface area (Å²) in [5.41, 5.74) is 0.884. The summed E-state index contributed by atoms with van der Waals surface area (Å²) >= 11 is 0. The van der Waals surface area contributed by atoms with Gasteiger partial charge in [-0.05, 0) is 43.4 Å². The number of benzene rings is 1. The van der Waals surface area contributed by atoms with Gasteiger partial charge < -0.3 is 20.3 Å². The molecule has 0 aliphatic carbocycles. The molecule has 1 aliphatic rings. The summed E-state index contributed by atoms with van der Waals surface area (Å²) in [7, 11) is 1.66. The molecule has 1 aliphatic heterocycles. The van der Waals surface area contributed by atoms with Gasteiger partial charge in [0.25, 0.3) is 0 Å². The number of ether oxygens (including phenoxy) is 1. The molecule has 1 aromatic carbocycles. The highest BCUT2D eigenvalue weighted by atomic mass is 19.4. The summed E-state index contributed by atoms with van der Waals surface area (Å²) in [6.45, 7) is 3.52. The van der Waals surface area contributed by atoms with Crippen molar-refractivity contribution in [2.24, 2.45) is 10.9 Å². The first-order valence-corrected chi connectivity index (χ1v) is 9.83. The number of guanidine groups is 1. The van der Waals surface area contributed by atoms with Crippen LogP contribution in [-0.4, -0.2) is 56.2 Å². The highest BCUT2D eigenvalue weighted by Crippen LogP contribution is 2.21. The van der Waals surface area contributed by atoms with E-state index in [2.05, 4.69) is 20.5 Å². The van der Waals surface area contributed by atoms with E-state index in [1.807, 2.05) is 6.92 Å². The second-order valence-corrected chi connectivity index (χ2v) is 7.03. The average molecular weight is 414 g/mol. The Kier molecular flexibility index (Phi) is 8.60. The molecule has 6 nitrogen and oxygen atoms in total. The first-order chi connectivity index (χ1) is 13.8. The van der Waals surface area contributed by atoms with Crippen molar-refractivity contribution >= 4 is 11.9 Å². The summed E-state index contributed by atoms with van der Waals surface area (Å²) in [4.78, 5) is 18.4. The van der Waals surface area contributed by atoms with Gasteiger partial charge in [-0.3, -0.25) is 4.79 Å². The van der Waals surface area contributed by atoms with Crippen LogP contribution in [0.5, 0.6) is 5.75 Å². The van der Waals surface area contributed by atoms with E-state index in [1.165, 1.54) is 12.1 Å². The van der Waals surface area contributed by atoms with Crippen molar-refractivity contribution in [2.45, 2.75) is 38.9 Å². The fourth-order valence-corrected chi connectivity index (χ4v) is 3.16. The maximum atomic E-state index is 12.2. The lowest BCUT2D eigenvalue weighted by Crippen LogP contribution is -2.46. The molecular weight excluding hydrogens is 385 g/mol. The number of rotatable bonds is 7. The summed E-state index contributed by atoms with van der Waals surface area (Å²) in [5, 5.41) is 5.96. The van der Waals surface area contributed by atoms with E-state index >= 15 is 0 Å². The van der Waals surface area contributed by atoms with Gasteiger partial charge in [0.05, 0.1) is 6.54 Å². The lowest BCUT2D eigenvalue weighted by atomic mass is 9.93. The molecule has 1 heterocycles. The van der Waals surface area contributed by atoms with E-state index in [4.69, 9.17) is 4.74 Å². The molecule has 0 unspecified atom stereocenters. The summed E-state index contributed by atoms with van der Waals surface area (Å²) in [6.07, 6.45) is -1.93. The lowest BCUT2D eigenvalue weighted by molar-refractivity contribution is -0.153. The zero-order valence-corrected chi connectivity index (χ0v) is 16.9. The fraction of sp³-hybridized carbons (Fsp3) is 0.600. The van der Waals surface area contributed by atoms with Gasteiger partial charge >= 0.3 is 6.18 Å². The van der Waals surface area contributed by atoms with Crippen molar-refractivity contribution in [3.05, 3.63) is 29.8 Å². The van der Waals surface area contributed by atoms with Gasteiger partial charge in [-0.25, -0.2) is 4.99 Å². The second-order valence-electron chi connectivity index (χ2n) is 7.03. The van der Waals surface area contributed by atoms with Crippen LogP contribution in [0, 0.1) is 5.92 Å². The molecule has 1 aromatic rings.